The molecule has 2 heterocycles. The summed E-state index contributed by atoms with van der Waals surface area (Å²) in [7, 11) is 0. The summed E-state index contributed by atoms with van der Waals surface area (Å²) < 4.78 is 1.38. The summed E-state index contributed by atoms with van der Waals surface area (Å²) >= 11 is 1.10. The molecule has 0 amide bonds. The fourth-order valence-electron chi connectivity index (χ4n) is 2.29. The fourth-order valence-corrected chi connectivity index (χ4v) is 2.55. The Kier molecular flexibility index (Phi) is 4.02. The van der Waals surface area contributed by atoms with Crippen molar-refractivity contribution < 1.29 is 5.11 Å². The minimum Gasteiger partial charge on any atom is -0.493 e. The van der Waals surface area contributed by atoms with E-state index in [1.807, 2.05) is 13.0 Å². The Balaban J connectivity index is 2.06. The average molecular weight is 323 g/mol. The topological polar surface area (TPSA) is 101 Å². The van der Waals surface area contributed by atoms with Gasteiger partial charge < -0.3 is 5.11 Å². The standard InChI is InChI=1S/C16H13N5OS/c1-10-15(12-4-2-11(8-17)3-5-12)16(22)21(20-10)14-7-6-13(23-18)9-19-14/h2-7,9,22H,18H2,1H3. The molecular weight excluding hydrogens is 310 g/mol. The Bertz CT molecular complexity index is 879. The number of nitrogens with zero attached hydrogens (tertiary/aromatic N) is 4. The summed E-state index contributed by atoms with van der Waals surface area (Å²) in [6.07, 6.45) is 1.62. The zero-order valence-electron chi connectivity index (χ0n) is 12.3. The number of aromatic nitrogens is 3. The molecule has 3 N–H and O–H groups in total. The third kappa shape index (κ3) is 2.77. The molecule has 0 saturated carbocycles. The van der Waals surface area contributed by atoms with Crippen molar-refractivity contribution in [1.29, 1.82) is 5.26 Å². The van der Waals surface area contributed by atoms with Gasteiger partial charge in [-0.15, -0.1) is 0 Å². The first-order chi connectivity index (χ1) is 11.1. The smallest absolute Gasteiger partial charge is 0.223 e. The highest BCUT2D eigenvalue weighted by Crippen LogP contribution is 2.34. The highest BCUT2D eigenvalue weighted by molar-refractivity contribution is 7.97. The number of nitriles is 1. The summed E-state index contributed by atoms with van der Waals surface area (Å²) in [5.41, 5.74) is 2.65. The van der Waals surface area contributed by atoms with Crippen molar-refractivity contribution >= 4 is 11.9 Å². The van der Waals surface area contributed by atoms with E-state index in [0.717, 1.165) is 22.4 Å². The summed E-state index contributed by atoms with van der Waals surface area (Å²) in [5, 5.41) is 29.2. The number of aromatic hydroxyl groups is 1. The monoisotopic (exact) mass is 323 g/mol. The average Bonchev–Trinajstić information content (AvgIpc) is 2.89. The quantitative estimate of drug-likeness (QED) is 0.719. The Morgan fingerprint density at radius 3 is 2.52 bits per heavy atom. The maximum atomic E-state index is 10.5. The first kappa shape index (κ1) is 15.1. The molecule has 23 heavy (non-hydrogen) atoms. The normalized spacial score (nSPS) is 10.5. The lowest BCUT2D eigenvalue weighted by Gasteiger charge is -2.04. The van der Waals surface area contributed by atoms with Crippen molar-refractivity contribution in [2.24, 2.45) is 5.14 Å². The third-order valence-corrected chi connectivity index (χ3v) is 3.93. The van der Waals surface area contributed by atoms with E-state index >= 15 is 0 Å². The van der Waals surface area contributed by atoms with E-state index in [-0.39, 0.29) is 5.88 Å². The third-order valence-electron chi connectivity index (χ3n) is 3.41. The highest BCUT2D eigenvalue weighted by atomic mass is 32.2. The van der Waals surface area contributed by atoms with Crippen LogP contribution in [0.15, 0.2) is 47.5 Å². The van der Waals surface area contributed by atoms with Crippen LogP contribution in [0.4, 0.5) is 0 Å². The van der Waals surface area contributed by atoms with Crippen LogP contribution in [0.3, 0.4) is 0 Å². The molecule has 0 aliphatic rings. The summed E-state index contributed by atoms with van der Waals surface area (Å²) in [6, 6.07) is 12.6. The molecule has 2 aromatic heterocycles. The van der Waals surface area contributed by atoms with E-state index in [2.05, 4.69) is 16.2 Å². The van der Waals surface area contributed by atoms with Crippen LogP contribution < -0.4 is 5.14 Å². The van der Waals surface area contributed by atoms with Gasteiger partial charge in [0.2, 0.25) is 5.88 Å². The number of benzene rings is 1. The van der Waals surface area contributed by atoms with Gasteiger partial charge in [0.25, 0.3) is 0 Å². The molecule has 3 rings (SSSR count). The molecule has 0 atom stereocenters. The van der Waals surface area contributed by atoms with Crippen LogP contribution in [0.1, 0.15) is 11.3 Å². The number of nitrogens with two attached hydrogens (primary N) is 1. The molecule has 0 spiro atoms. The van der Waals surface area contributed by atoms with Gasteiger partial charge in [-0.1, -0.05) is 12.1 Å². The molecule has 0 bridgehead atoms. The lowest BCUT2D eigenvalue weighted by molar-refractivity contribution is 0.433. The molecule has 7 heteroatoms. The Hall–Kier alpha value is -2.82. The molecular formula is C16H13N5OS. The maximum absolute atomic E-state index is 10.5. The Morgan fingerprint density at radius 2 is 1.96 bits per heavy atom. The first-order valence-electron chi connectivity index (χ1n) is 6.76. The molecule has 3 aromatic rings. The lowest BCUT2D eigenvalue weighted by atomic mass is 10.0. The van der Waals surface area contributed by atoms with E-state index in [0.29, 0.717) is 22.6 Å². The van der Waals surface area contributed by atoms with Crippen molar-refractivity contribution in [1.82, 2.24) is 14.8 Å². The Labute approximate surface area is 137 Å². The number of rotatable bonds is 3. The molecule has 6 nitrogen and oxygen atoms in total. The van der Waals surface area contributed by atoms with Gasteiger partial charge in [0.1, 0.15) is 0 Å². The second-order valence-electron chi connectivity index (χ2n) is 4.85. The number of aryl methyl sites for hydroxylation is 1. The molecule has 0 fully saturated rings. The van der Waals surface area contributed by atoms with Gasteiger partial charge in [-0.05, 0) is 48.7 Å². The molecule has 1 aromatic carbocycles. The highest BCUT2D eigenvalue weighted by Gasteiger charge is 2.18. The molecule has 0 aliphatic heterocycles. The summed E-state index contributed by atoms with van der Waals surface area (Å²) in [5.74, 6) is 0.510. The fraction of sp³-hybridized carbons (Fsp3) is 0.0625. The van der Waals surface area contributed by atoms with Gasteiger partial charge in [0.05, 0.1) is 22.9 Å². The van der Waals surface area contributed by atoms with E-state index in [4.69, 9.17) is 10.4 Å². The molecule has 114 valence electrons. The molecule has 0 saturated heterocycles. The van der Waals surface area contributed by atoms with Crippen LogP contribution in [0.2, 0.25) is 0 Å². The van der Waals surface area contributed by atoms with Crippen LogP contribution in [-0.2, 0) is 0 Å². The van der Waals surface area contributed by atoms with Crippen molar-refractivity contribution in [3.63, 3.8) is 0 Å². The summed E-state index contributed by atoms with van der Waals surface area (Å²) in [6.45, 7) is 1.81. The van der Waals surface area contributed by atoms with Crippen LogP contribution in [-0.4, -0.2) is 19.9 Å². The van der Waals surface area contributed by atoms with Crippen LogP contribution in [0.5, 0.6) is 5.88 Å². The van der Waals surface area contributed by atoms with E-state index in [1.165, 1.54) is 4.68 Å². The van der Waals surface area contributed by atoms with Crippen molar-refractivity contribution in [3.8, 4) is 28.9 Å². The minimum absolute atomic E-state index is 0.00728. The predicted octanol–water partition coefficient (Wildman–Crippen LogP) is 2.79. The van der Waals surface area contributed by atoms with Crippen LogP contribution in [0, 0.1) is 18.3 Å². The zero-order chi connectivity index (χ0) is 16.4. The van der Waals surface area contributed by atoms with Gasteiger partial charge in [-0.3, -0.25) is 5.14 Å². The minimum atomic E-state index is 0.00728. The van der Waals surface area contributed by atoms with Gasteiger partial charge in [-0.25, -0.2) is 4.98 Å². The van der Waals surface area contributed by atoms with E-state index in [1.54, 1.807) is 36.5 Å². The van der Waals surface area contributed by atoms with Crippen molar-refractivity contribution in [2.75, 3.05) is 0 Å². The lowest BCUT2D eigenvalue weighted by Crippen LogP contribution is -1.99. The van der Waals surface area contributed by atoms with Gasteiger partial charge >= 0.3 is 0 Å². The van der Waals surface area contributed by atoms with Gasteiger partial charge in [0, 0.05) is 11.1 Å². The molecule has 0 radical (unpaired) electrons. The summed E-state index contributed by atoms with van der Waals surface area (Å²) in [4.78, 5) is 5.08. The van der Waals surface area contributed by atoms with Gasteiger partial charge in [-0.2, -0.15) is 15.0 Å². The SMILES string of the molecule is Cc1nn(-c2ccc(SN)cn2)c(O)c1-c1ccc(C#N)cc1. The number of hydrogen-bond acceptors (Lipinski definition) is 6. The Morgan fingerprint density at radius 1 is 1.22 bits per heavy atom. The zero-order valence-corrected chi connectivity index (χ0v) is 13.1. The van der Waals surface area contributed by atoms with E-state index in [9.17, 15) is 5.11 Å². The van der Waals surface area contributed by atoms with Crippen molar-refractivity contribution in [3.05, 3.63) is 53.9 Å². The predicted molar refractivity (Wildman–Crippen MR) is 88.0 cm³/mol. The second-order valence-corrected chi connectivity index (χ2v) is 5.56. The van der Waals surface area contributed by atoms with E-state index < -0.39 is 0 Å². The number of pyridine rings is 1. The maximum Gasteiger partial charge on any atom is 0.223 e. The van der Waals surface area contributed by atoms with Crippen LogP contribution >= 0.6 is 11.9 Å². The largest absolute Gasteiger partial charge is 0.493 e. The second kappa shape index (κ2) is 6.12. The number of hydrogen-bond donors (Lipinski definition) is 2. The van der Waals surface area contributed by atoms with Crippen LogP contribution in [0.25, 0.3) is 16.9 Å². The van der Waals surface area contributed by atoms with Crippen molar-refractivity contribution in [2.45, 2.75) is 11.8 Å². The van der Waals surface area contributed by atoms with Gasteiger partial charge in [0.15, 0.2) is 5.82 Å². The molecule has 0 unspecified atom stereocenters. The molecule has 0 aliphatic carbocycles. The first-order valence-corrected chi connectivity index (χ1v) is 7.64.